The van der Waals surface area contributed by atoms with Gasteiger partial charge in [-0.2, -0.15) is 0 Å². The Morgan fingerprint density at radius 3 is 1.73 bits per heavy atom. The maximum Gasteiger partial charge on any atom is 0.341 e. The van der Waals surface area contributed by atoms with Crippen LogP contribution in [0.4, 0.5) is 0 Å². The van der Waals surface area contributed by atoms with Gasteiger partial charge in [-0.1, -0.05) is 0 Å². The fourth-order valence-corrected chi connectivity index (χ4v) is 0.523. The molecule has 0 radical (unpaired) electrons. The van der Waals surface area contributed by atoms with E-state index in [0.29, 0.717) is 0 Å². The molecule has 5 heteroatoms. The molecule has 0 saturated heterocycles. The van der Waals surface area contributed by atoms with Crippen molar-refractivity contribution < 1.29 is 25.2 Å². The van der Waals surface area contributed by atoms with Gasteiger partial charge in [-0.05, 0) is 13.8 Å². The van der Waals surface area contributed by atoms with Gasteiger partial charge in [-0.25, -0.2) is 4.79 Å². The standard InChI is InChI=1S/C6H12O5/c1-5(2,10)6(11,3-7)4(8)9/h7,10-11H,3H2,1-2H3,(H,8,9). The number of carboxylic acids is 1. The minimum absolute atomic E-state index is 1.02. The van der Waals surface area contributed by atoms with E-state index in [9.17, 15) is 4.79 Å². The monoisotopic (exact) mass is 164 g/mol. The van der Waals surface area contributed by atoms with Crippen molar-refractivity contribution in [2.45, 2.75) is 25.0 Å². The lowest BCUT2D eigenvalue weighted by atomic mass is 9.87. The molecular formula is C6H12O5. The van der Waals surface area contributed by atoms with Crippen LogP contribution < -0.4 is 0 Å². The Balaban J connectivity index is 4.75. The van der Waals surface area contributed by atoms with Gasteiger partial charge in [-0.3, -0.25) is 0 Å². The second kappa shape index (κ2) is 2.77. The molecule has 0 aromatic carbocycles. The summed E-state index contributed by atoms with van der Waals surface area (Å²) in [6.07, 6.45) is 0. The lowest BCUT2D eigenvalue weighted by molar-refractivity contribution is -0.194. The molecule has 5 nitrogen and oxygen atoms in total. The topological polar surface area (TPSA) is 98.0 Å². The van der Waals surface area contributed by atoms with Gasteiger partial charge in [0.25, 0.3) is 0 Å². The average Bonchev–Trinajstić information content (AvgIpc) is 1.83. The quantitative estimate of drug-likeness (QED) is 0.409. The van der Waals surface area contributed by atoms with Gasteiger partial charge in [0.15, 0.2) is 0 Å². The van der Waals surface area contributed by atoms with Crippen LogP contribution in [0.1, 0.15) is 13.8 Å². The molecule has 1 unspecified atom stereocenters. The van der Waals surface area contributed by atoms with Gasteiger partial charge in [0.05, 0.1) is 6.61 Å². The summed E-state index contributed by atoms with van der Waals surface area (Å²) in [5, 5.41) is 35.1. The molecule has 0 aliphatic carbocycles. The molecule has 0 aliphatic heterocycles. The summed E-state index contributed by atoms with van der Waals surface area (Å²) < 4.78 is 0. The van der Waals surface area contributed by atoms with Crippen LogP contribution in [0.25, 0.3) is 0 Å². The number of aliphatic hydroxyl groups is 3. The van der Waals surface area contributed by atoms with Crippen molar-refractivity contribution in [2.24, 2.45) is 0 Å². The van der Waals surface area contributed by atoms with Gasteiger partial charge in [0, 0.05) is 0 Å². The van der Waals surface area contributed by atoms with E-state index in [0.717, 1.165) is 13.8 Å². The molecule has 0 rings (SSSR count). The van der Waals surface area contributed by atoms with Gasteiger partial charge in [0.1, 0.15) is 5.60 Å². The molecule has 66 valence electrons. The number of aliphatic carboxylic acids is 1. The fourth-order valence-electron chi connectivity index (χ4n) is 0.523. The van der Waals surface area contributed by atoms with E-state index in [4.69, 9.17) is 20.4 Å². The molecule has 0 aromatic heterocycles. The molecule has 0 aromatic rings. The summed E-state index contributed by atoms with van der Waals surface area (Å²) in [6, 6.07) is 0. The van der Waals surface area contributed by atoms with Crippen molar-refractivity contribution in [1.29, 1.82) is 0 Å². The predicted octanol–water partition coefficient (Wildman–Crippen LogP) is -1.43. The smallest absolute Gasteiger partial charge is 0.341 e. The number of aliphatic hydroxyl groups excluding tert-OH is 1. The van der Waals surface area contributed by atoms with E-state index in [2.05, 4.69) is 0 Å². The second-order valence-electron chi connectivity index (χ2n) is 2.88. The van der Waals surface area contributed by atoms with Gasteiger partial charge < -0.3 is 20.4 Å². The van der Waals surface area contributed by atoms with E-state index >= 15 is 0 Å². The highest BCUT2D eigenvalue weighted by Gasteiger charge is 2.48. The van der Waals surface area contributed by atoms with Crippen LogP contribution in [-0.4, -0.2) is 44.2 Å². The van der Waals surface area contributed by atoms with Gasteiger partial charge >= 0.3 is 5.97 Å². The Kier molecular flexibility index (Phi) is 2.60. The van der Waals surface area contributed by atoms with Gasteiger partial charge in [-0.15, -0.1) is 0 Å². The van der Waals surface area contributed by atoms with Crippen LogP contribution >= 0.6 is 0 Å². The second-order valence-corrected chi connectivity index (χ2v) is 2.88. The fraction of sp³-hybridized carbons (Fsp3) is 0.833. The predicted molar refractivity (Wildman–Crippen MR) is 36.0 cm³/mol. The number of carbonyl (C=O) groups is 1. The number of carboxylic acid groups (broad SMARTS) is 1. The third kappa shape index (κ3) is 1.68. The van der Waals surface area contributed by atoms with E-state index in [-0.39, 0.29) is 0 Å². The molecule has 1 atom stereocenters. The van der Waals surface area contributed by atoms with Gasteiger partial charge in [0.2, 0.25) is 5.60 Å². The maximum atomic E-state index is 10.3. The molecule has 0 aliphatic rings. The molecule has 0 bridgehead atoms. The average molecular weight is 164 g/mol. The van der Waals surface area contributed by atoms with Crippen molar-refractivity contribution in [2.75, 3.05) is 6.61 Å². The van der Waals surface area contributed by atoms with Crippen molar-refractivity contribution in [1.82, 2.24) is 0 Å². The minimum atomic E-state index is -2.49. The van der Waals surface area contributed by atoms with Crippen molar-refractivity contribution in [3.8, 4) is 0 Å². The first-order valence-corrected chi connectivity index (χ1v) is 3.04. The highest BCUT2D eigenvalue weighted by Crippen LogP contribution is 2.21. The number of rotatable bonds is 3. The minimum Gasteiger partial charge on any atom is -0.479 e. The van der Waals surface area contributed by atoms with E-state index < -0.39 is 23.8 Å². The summed E-state index contributed by atoms with van der Waals surface area (Å²) in [5.74, 6) is -1.65. The zero-order valence-electron chi connectivity index (χ0n) is 6.40. The summed E-state index contributed by atoms with van der Waals surface area (Å²) in [6.45, 7) is 1.19. The highest BCUT2D eigenvalue weighted by atomic mass is 16.4. The number of hydrogen-bond acceptors (Lipinski definition) is 4. The van der Waals surface area contributed by atoms with Crippen molar-refractivity contribution in [3.63, 3.8) is 0 Å². The lowest BCUT2D eigenvalue weighted by Crippen LogP contribution is -2.58. The first-order chi connectivity index (χ1) is 4.75. The normalized spacial score (nSPS) is 17.5. The SMILES string of the molecule is CC(C)(O)C(O)(CO)C(=O)O. The first kappa shape index (κ1) is 10.3. The summed E-state index contributed by atoms with van der Waals surface area (Å²) in [5.41, 5.74) is -4.36. The van der Waals surface area contributed by atoms with Crippen molar-refractivity contribution in [3.05, 3.63) is 0 Å². The van der Waals surface area contributed by atoms with Crippen LogP contribution in [0.15, 0.2) is 0 Å². The van der Waals surface area contributed by atoms with Crippen LogP contribution in [0.5, 0.6) is 0 Å². The molecule has 0 amide bonds. The zero-order chi connectivity index (χ0) is 9.28. The Labute approximate surface area is 63.9 Å². The zero-order valence-corrected chi connectivity index (χ0v) is 6.40. The molecular weight excluding hydrogens is 152 g/mol. The third-order valence-electron chi connectivity index (χ3n) is 1.59. The molecule has 0 fully saturated rings. The summed E-state index contributed by atoms with van der Waals surface area (Å²) >= 11 is 0. The van der Waals surface area contributed by atoms with E-state index in [1.807, 2.05) is 0 Å². The molecule has 4 N–H and O–H groups in total. The Morgan fingerprint density at radius 1 is 1.36 bits per heavy atom. The van der Waals surface area contributed by atoms with Crippen LogP contribution in [0.3, 0.4) is 0 Å². The Morgan fingerprint density at radius 2 is 1.73 bits per heavy atom. The Hall–Kier alpha value is -0.650. The lowest BCUT2D eigenvalue weighted by Gasteiger charge is -2.32. The molecule has 0 saturated carbocycles. The molecule has 0 heterocycles. The third-order valence-corrected chi connectivity index (χ3v) is 1.59. The van der Waals surface area contributed by atoms with E-state index in [1.165, 1.54) is 0 Å². The molecule has 0 spiro atoms. The van der Waals surface area contributed by atoms with Crippen molar-refractivity contribution >= 4 is 5.97 Å². The summed E-state index contributed by atoms with van der Waals surface area (Å²) in [4.78, 5) is 10.3. The highest BCUT2D eigenvalue weighted by molar-refractivity contribution is 5.78. The largest absolute Gasteiger partial charge is 0.479 e. The van der Waals surface area contributed by atoms with Crippen LogP contribution in [0.2, 0.25) is 0 Å². The van der Waals surface area contributed by atoms with Crippen LogP contribution in [-0.2, 0) is 4.79 Å². The summed E-state index contributed by atoms with van der Waals surface area (Å²) in [7, 11) is 0. The van der Waals surface area contributed by atoms with E-state index in [1.54, 1.807) is 0 Å². The Bertz CT molecular complexity index is 159. The molecule has 11 heavy (non-hydrogen) atoms. The van der Waals surface area contributed by atoms with Crippen LogP contribution in [0, 0.1) is 0 Å². The maximum absolute atomic E-state index is 10.3. The first-order valence-electron chi connectivity index (χ1n) is 3.04. The number of hydrogen-bond donors (Lipinski definition) is 4.